The van der Waals surface area contributed by atoms with Gasteiger partial charge in [0.15, 0.2) is 23.6 Å². The molecule has 1 saturated heterocycles. The van der Waals surface area contributed by atoms with Crippen molar-refractivity contribution in [2.24, 2.45) is 5.73 Å². The Morgan fingerprint density at radius 3 is 2.51 bits per heavy atom. The summed E-state index contributed by atoms with van der Waals surface area (Å²) in [5.41, 5.74) is 4.19. The number of ether oxygens (including phenoxy) is 4. The Morgan fingerprint density at radius 1 is 1.14 bits per heavy atom. The van der Waals surface area contributed by atoms with E-state index in [0.29, 0.717) is 12.0 Å². The number of aromatic hydroxyl groups is 2. The van der Waals surface area contributed by atoms with E-state index >= 15 is 0 Å². The first kappa shape index (κ1) is 31.3. The van der Waals surface area contributed by atoms with Crippen LogP contribution in [0.4, 0.5) is 10.5 Å². The number of phenols is 1. The molecule has 4 rings (SSSR count). The third kappa shape index (κ3) is 6.74. The normalized spacial score (nSPS) is 21.2. The summed E-state index contributed by atoms with van der Waals surface area (Å²) in [5, 5.41) is 34.3. The molecule has 43 heavy (non-hydrogen) atoms. The van der Waals surface area contributed by atoms with Gasteiger partial charge in [0.1, 0.15) is 23.2 Å². The SMILES string of the molecule is COC1C(OC(N)=O)C(O)C(Oc2ccc3c(O)c(NC(=O)c4ccc(O)c(CC=C(C)C)c4)c(=O)oc3c2)OC1(C)C. The number of fused-ring (bicyclic) bond motifs is 1. The van der Waals surface area contributed by atoms with Crippen molar-refractivity contribution >= 4 is 28.7 Å². The third-order valence-electron chi connectivity index (χ3n) is 6.94. The summed E-state index contributed by atoms with van der Waals surface area (Å²) in [4.78, 5) is 37.2. The molecule has 1 aliphatic rings. The van der Waals surface area contributed by atoms with E-state index in [9.17, 15) is 29.7 Å². The number of phenolic OH excluding ortho intramolecular Hbond substituents is 1. The summed E-state index contributed by atoms with van der Waals surface area (Å²) in [6.07, 6.45) is -3.79. The predicted molar refractivity (Wildman–Crippen MR) is 154 cm³/mol. The topological polar surface area (TPSA) is 200 Å². The summed E-state index contributed by atoms with van der Waals surface area (Å²) in [7, 11) is 1.36. The van der Waals surface area contributed by atoms with Crippen LogP contribution in [0.2, 0.25) is 0 Å². The molecule has 2 amide bonds. The van der Waals surface area contributed by atoms with Gasteiger partial charge in [-0.25, -0.2) is 9.59 Å². The van der Waals surface area contributed by atoms with Crippen molar-refractivity contribution in [3.05, 3.63) is 69.6 Å². The van der Waals surface area contributed by atoms with E-state index in [0.717, 1.165) is 5.57 Å². The fourth-order valence-corrected chi connectivity index (χ4v) is 4.82. The number of aliphatic hydroxyl groups is 1. The highest BCUT2D eigenvalue weighted by Gasteiger charge is 2.53. The number of anilines is 1. The van der Waals surface area contributed by atoms with Crippen LogP contribution < -0.4 is 21.4 Å². The summed E-state index contributed by atoms with van der Waals surface area (Å²) < 4.78 is 27.5. The number of carbonyl (C=O) groups excluding carboxylic acids is 2. The number of hydrogen-bond donors (Lipinski definition) is 5. The van der Waals surface area contributed by atoms with Crippen molar-refractivity contribution < 1.29 is 48.3 Å². The van der Waals surface area contributed by atoms with E-state index in [4.69, 9.17) is 29.1 Å². The molecule has 230 valence electrons. The molecular formula is C30H34N2O11. The number of benzene rings is 2. The van der Waals surface area contributed by atoms with Crippen molar-refractivity contribution in [1.82, 2.24) is 0 Å². The molecule has 1 fully saturated rings. The van der Waals surface area contributed by atoms with Crippen LogP contribution in [0.5, 0.6) is 17.2 Å². The van der Waals surface area contributed by atoms with Crippen LogP contribution >= 0.6 is 0 Å². The Balaban J connectivity index is 1.58. The second-order valence-corrected chi connectivity index (χ2v) is 10.8. The van der Waals surface area contributed by atoms with Crippen molar-refractivity contribution in [2.75, 3.05) is 12.4 Å². The number of allylic oxidation sites excluding steroid dienone is 2. The van der Waals surface area contributed by atoms with Gasteiger partial charge in [0, 0.05) is 18.7 Å². The number of aliphatic hydroxyl groups excluding tert-OH is 1. The van der Waals surface area contributed by atoms with E-state index in [-0.39, 0.29) is 28.0 Å². The smallest absolute Gasteiger partial charge is 0.404 e. The van der Waals surface area contributed by atoms with Gasteiger partial charge in [-0.15, -0.1) is 0 Å². The first-order valence-corrected chi connectivity index (χ1v) is 13.3. The van der Waals surface area contributed by atoms with Gasteiger partial charge in [-0.05, 0) is 70.0 Å². The molecule has 4 unspecified atom stereocenters. The number of hydrogen-bond acceptors (Lipinski definition) is 11. The number of carbonyl (C=O) groups is 2. The maximum Gasteiger partial charge on any atom is 0.404 e. The lowest BCUT2D eigenvalue weighted by Gasteiger charge is -2.47. The number of amides is 2. The van der Waals surface area contributed by atoms with Crippen molar-refractivity contribution in [1.29, 1.82) is 0 Å². The van der Waals surface area contributed by atoms with Crippen molar-refractivity contribution in [3.63, 3.8) is 0 Å². The van der Waals surface area contributed by atoms with E-state index in [1.165, 1.54) is 43.5 Å². The zero-order valence-corrected chi connectivity index (χ0v) is 24.2. The molecule has 0 saturated carbocycles. The van der Waals surface area contributed by atoms with E-state index in [2.05, 4.69) is 5.32 Å². The molecule has 3 aromatic rings. The first-order chi connectivity index (χ1) is 20.2. The Labute approximate surface area is 246 Å². The molecular weight excluding hydrogens is 564 g/mol. The zero-order chi connectivity index (χ0) is 31.6. The minimum Gasteiger partial charge on any atom is -0.508 e. The largest absolute Gasteiger partial charge is 0.508 e. The second-order valence-electron chi connectivity index (χ2n) is 10.8. The van der Waals surface area contributed by atoms with Gasteiger partial charge < -0.3 is 49.7 Å². The fourth-order valence-electron chi connectivity index (χ4n) is 4.82. The van der Waals surface area contributed by atoms with Crippen LogP contribution in [0.25, 0.3) is 11.0 Å². The molecule has 6 N–H and O–H groups in total. The van der Waals surface area contributed by atoms with Gasteiger partial charge in [0.25, 0.3) is 5.91 Å². The minimum atomic E-state index is -1.51. The van der Waals surface area contributed by atoms with Gasteiger partial charge in [0.2, 0.25) is 6.29 Å². The first-order valence-electron chi connectivity index (χ1n) is 13.3. The Bertz CT molecular complexity index is 1620. The second kappa shape index (κ2) is 12.3. The molecule has 13 heteroatoms. The molecule has 1 aliphatic heterocycles. The highest BCUT2D eigenvalue weighted by molar-refractivity contribution is 6.06. The average Bonchev–Trinajstić information content (AvgIpc) is 2.92. The van der Waals surface area contributed by atoms with E-state index in [1.807, 2.05) is 19.9 Å². The third-order valence-corrected chi connectivity index (χ3v) is 6.94. The summed E-state index contributed by atoms with van der Waals surface area (Å²) in [6.45, 7) is 7.12. The predicted octanol–water partition coefficient (Wildman–Crippen LogP) is 3.32. The number of rotatable bonds is 8. The Hall–Kier alpha value is -4.59. The highest BCUT2D eigenvalue weighted by atomic mass is 16.7. The highest BCUT2D eigenvalue weighted by Crippen LogP contribution is 2.36. The molecule has 0 spiro atoms. The number of nitrogens with two attached hydrogens (primary N) is 1. The average molecular weight is 599 g/mol. The maximum atomic E-state index is 12.9. The zero-order valence-electron chi connectivity index (χ0n) is 24.2. The fraction of sp³-hybridized carbons (Fsp3) is 0.367. The number of nitrogens with one attached hydrogen (secondary N) is 1. The standard InChI is InChI=1S/C30H34N2O11/c1-14(2)6-7-15-12-16(8-11-19(15)33)26(36)32-21-22(34)18-10-9-17(13-20(18)41-27(21)37)40-28-23(35)24(42-29(31)38)25(39-5)30(3,4)43-28/h6,8-13,23-25,28,33-35H,7H2,1-5H3,(H2,31,38)(H,32,36). The lowest BCUT2D eigenvalue weighted by atomic mass is 9.89. The van der Waals surface area contributed by atoms with E-state index in [1.54, 1.807) is 13.8 Å². The van der Waals surface area contributed by atoms with Gasteiger partial charge in [0.05, 0.1) is 11.0 Å². The summed E-state index contributed by atoms with van der Waals surface area (Å²) in [5.74, 6) is -1.14. The minimum absolute atomic E-state index is 0.0179. The lowest BCUT2D eigenvalue weighted by Crippen LogP contribution is -2.65. The van der Waals surface area contributed by atoms with Crippen LogP contribution in [-0.2, 0) is 20.6 Å². The quantitative estimate of drug-likeness (QED) is 0.188. The molecule has 2 heterocycles. The molecule has 4 atom stereocenters. The number of primary amides is 1. The van der Waals surface area contributed by atoms with Crippen LogP contribution in [0.15, 0.2) is 57.3 Å². The summed E-state index contributed by atoms with van der Waals surface area (Å²) >= 11 is 0. The molecule has 0 aliphatic carbocycles. The molecule has 1 aromatic heterocycles. The van der Waals surface area contributed by atoms with Crippen LogP contribution in [-0.4, -0.2) is 64.6 Å². The van der Waals surface area contributed by atoms with Gasteiger partial charge in [-0.2, -0.15) is 0 Å². The molecule has 13 nitrogen and oxygen atoms in total. The summed E-state index contributed by atoms with van der Waals surface area (Å²) in [6, 6.07) is 8.33. The van der Waals surface area contributed by atoms with Crippen LogP contribution in [0.3, 0.4) is 0 Å². The van der Waals surface area contributed by atoms with Crippen molar-refractivity contribution in [2.45, 2.75) is 64.3 Å². The molecule has 2 aromatic carbocycles. The van der Waals surface area contributed by atoms with Crippen LogP contribution in [0, 0.1) is 0 Å². The Morgan fingerprint density at radius 2 is 1.86 bits per heavy atom. The maximum absolute atomic E-state index is 12.9. The number of methoxy groups -OCH3 is 1. The van der Waals surface area contributed by atoms with Gasteiger partial charge >= 0.3 is 11.7 Å². The molecule has 0 radical (unpaired) electrons. The van der Waals surface area contributed by atoms with Crippen LogP contribution in [0.1, 0.15) is 43.6 Å². The monoisotopic (exact) mass is 598 g/mol. The van der Waals surface area contributed by atoms with Crippen molar-refractivity contribution in [3.8, 4) is 17.2 Å². The molecule has 0 bridgehead atoms. The Kier molecular flexibility index (Phi) is 8.99. The lowest BCUT2D eigenvalue weighted by molar-refractivity contribution is -0.304. The van der Waals surface area contributed by atoms with Gasteiger partial charge in [-0.1, -0.05) is 11.6 Å². The van der Waals surface area contributed by atoms with Gasteiger partial charge in [-0.3, -0.25) is 4.79 Å². The van der Waals surface area contributed by atoms with E-state index < -0.39 is 59.3 Å².